The molecule has 1 aliphatic heterocycles. The van der Waals surface area contributed by atoms with E-state index >= 15 is 0 Å². The molecule has 12 heavy (non-hydrogen) atoms. The number of aryl methyl sites for hydroxylation is 1. The average Bonchev–Trinajstić information content (AvgIpc) is 2.46. The highest BCUT2D eigenvalue weighted by atomic mass is 16.3. The second-order valence-electron chi connectivity index (χ2n) is 3.32. The Balaban J connectivity index is 2.32. The number of rotatable bonds is 1. The van der Waals surface area contributed by atoms with Crippen LogP contribution < -0.4 is 0 Å². The lowest BCUT2D eigenvalue weighted by Crippen LogP contribution is -2.23. The lowest BCUT2D eigenvalue weighted by atomic mass is 10.1. The molecule has 1 atom stereocenters. The summed E-state index contributed by atoms with van der Waals surface area (Å²) in [5, 5.41) is 9.40. The van der Waals surface area contributed by atoms with Crippen LogP contribution in [0.4, 0.5) is 0 Å². The maximum absolute atomic E-state index is 9.40. The van der Waals surface area contributed by atoms with Gasteiger partial charge in [-0.3, -0.25) is 0 Å². The van der Waals surface area contributed by atoms with Crippen molar-refractivity contribution in [2.75, 3.05) is 0 Å². The third-order valence-electron chi connectivity index (χ3n) is 2.47. The summed E-state index contributed by atoms with van der Waals surface area (Å²) >= 11 is 0. The number of hydrogen-bond acceptors (Lipinski definition) is 2. The van der Waals surface area contributed by atoms with Crippen LogP contribution in [0, 0.1) is 0 Å². The molecule has 3 heteroatoms. The van der Waals surface area contributed by atoms with Crippen LogP contribution in [0.2, 0.25) is 0 Å². The molecule has 0 saturated heterocycles. The van der Waals surface area contributed by atoms with Crippen LogP contribution in [0.15, 0.2) is 6.20 Å². The first-order valence-corrected chi connectivity index (χ1v) is 4.52. The zero-order valence-corrected chi connectivity index (χ0v) is 7.32. The molecule has 0 spiro atoms. The van der Waals surface area contributed by atoms with E-state index in [1.807, 2.05) is 6.20 Å². The fourth-order valence-corrected chi connectivity index (χ4v) is 1.79. The topological polar surface area (TPSA) is 38.0 Å². The van der Waals surface area contributed by atoms with Crippen molar-refractivity contribution in [1.29, 1.82) is 0 Å². The summed E-state index contributed by atoms with van der Waals surface area (Å²) in [6, 6.07) is 0. The van der Waals surface area contributed by atoms with Gasteiger partial charge in [-0.1, -0.05) is 6.92 Å². The number of nitrogens with zero attached hydrogens (tertiary/aromatic N) is 2. The van der Waals surface area contributed by atoms with Crippen LogP contribution in [0.3, 0.4) is 0 Å². The third kappa shape index (κ3) is 1.14. The van der Waals surface area contributed by atoms with Crippen molar-refractivity contribution >= 4 is 0 Å². The Kier molecular flexibility index (Phi) is 1.89. The van der Waals surface area contributed by atoms with Gasteiger partial charge in [0.15, 0.2) is 0 Å². The molecule has 2 heterocycles. The fraction of sp³-hybridized carbons (Fsp3) is 0.667. The molecule has 0 saturated carbocycles. The van der Waals surface area contributed by atoms with E-state index in [1.165, 1.54) is 5.69 Å². The largest absolute Gasteiger partial charge is 0.393 e. The molecule has 3 nitrogen and oxygen atoms in total. The Morgan fingerprint density at radius 2 is 2.58 bits per heavy atom. The molecule has 1 aliphatic rings. The molecule has 1 unspecified atom stereocenters. The first-order chi connectivity index (χ1) is 5.81. The molecule has 0 fully saturated rings. The maximum atomic E-state index is 9.40. The van der Waals surface area contributed by atoms with Gasteiger partial charge in [-0.2, -0.15) is 0 Å². The predicted octanol–water partition coefficient (Wildman–Crippen LogP) is 0.753. The monoisotopic (exact) mass is 166 g/mol. The second kappa shape index (κ2) is 2.90. The standard InChI is InChI=1S/C9H14N2O/c1-2-9-10-6-7-5-8(12)3-4-11(7)9/h6,8,12H,2-5H2,1H3. The van der Waals surface area contributed by atoms with E-state index in [2.05, 4.69) is 16.5 Å². The highest BCUT2D eigenvalue weighted by molar-refractivity contribution is 5.09. The van der Waals surface area contributed by atoms with Gasteiger partial charge in [-0.05, 0) is 6.42 Å². The van der Waals surface area contributed by atoms with Crippen molar-refractivity contribution in [2.24, 2.45) is 0 Å². The van der Waals surface area contributed by atoms with E-state index in [4.69, 9.17) is 0 Å². The van der Waals surface area contributed by atoms with Gasteiger partial charge >= 0.3 is 0 Å². The molecule has 0 amide bonds. The van der Waals surface area contributed by atoms with Crippen molar-refractivity contribution in [3.63, 3.8) is 0 Å². The molecule has 1 aromatic heterocycles. The summed E-state index contributed by atoms with van der Waals surface area (Å²) in [4.78, 5) is 4.30. The third-order valence-corrected chi connectivity index (χ3v) is 2.47. The van der Waals surface area contributed by atoms with Gasteiger partial charge in [0.25, 0.3) is 0 Å². The van der Waals surface area contributed by atoms with E-state index in [1.54, 1.807) is 0 Å². The Labute approximate surface area is 72.0 Å². The maximum Gasteiger partial charge on any atom is 0.108 e. The predicted molar refractivity (Wildman–Crippen MR) is 45.9 cm³/mol. The molecule has 1 aromatic rings. The number of imidazole rings is 1. The van der Waals surface area contributed by atoms with Crippen molar-refractivity contribution in [2.45, 2.75) is 38.8 Å². The van der Waals surface area contributed by atoms with Crippen LogP contribution in [-0.4, -0.2) is 20.8 Å². The van der Waals surface area contributed by atoms with Gasteiger partial charge in [0, 0.05) is 31.3 Å². The minimum absolute atomic E-state index is 0.154. The van der Waals surface area contributed by atoms with Gasteiger partial charge < -0.3 is 9.67 Å². The Morgan fingerprint density at radius 1 is 1.75 bits per heavy atom. The van der Waals surface area contributed by atoms with Gasteiger partial charge in [0.2, 0.25) is 0 Å². The summed E-state index contributed by atoms with van der Waals surface area (Å²) in [6.45, 7) is 3.04. The number of aliphatic hydroxyl groups excluding tert-OH is 1. The van der Waals surface area contributed by atoms with Gasteiger partial charge in [0.1, 0.15) is 5.82 Å². The molecular weight excluding hydrogens is 152 g/mol. The highest BCUT2D eigenvalue weighted by Crippen LogP contribution is 2.16. The Morgan fingerprint density at radius 3 is 3.33 bits per heavy atom. The molecule has 1 N–H and O–H groups in total. The van der Waals surface area contributed by atoms with E-state index < -0.39 is 0 Å². The lowest BCUT2D eigenvalue weighted by molar-refractivity contribution is 0.143. The van der Waals surface area contributed by atoms with Crippen LogP contribution >= 0.6 is 0 Å². The van der Waals surface area contributed by atoms with E-state index in [0.29, 0.717) is 0 Å². The SMILES string of the molecule is CCc1ncc2n1CCC(O)C2. The summed E-state index contributed by atoms with van der Waals surface area (Å²) in [6.07, 6.45) is 4.36. The number of hydrogen-bond donors (Lipinski definition) is 1. The van der Waals surface area contributed by atoms with Crippen molar-refractivity contribution in [1.82, 2.24) is 9.55 Å². The number of fused-ring (bicyclic) bond motifs is 1. The van der Waals surface area contributed by atoms with E-state index in [-0.39, 0.29) is 6.10 Å². The molecule has 0 aliphatic carbocycles. The lowest BCUT2D eigenvalue weighted by Gasteiger charge is -2.20. The van der Waals surface area contributed by atoms with E-state index in [9.17, 15) is 5.11 Å². The summed E-state index contributed by atoms with van der Waals surface area (Å²) < 4.78 is 2.23. The average molecular weight is 166 g/mol. The molecule has 0 bridgehead atoms. The molecule has 0 radical (unpaired) electrons. The normalized spacial score (nSPS) is 22.3. The quantitative estimate of drug-likeness (QED) is 0.668. The van der Waals surface area contributed by atoms with Crippen LogP contribution in [0.5, 0.6) is 0 Å². The second-order valence-corrected chi connectivity index (χ2v) is 3.32. The van der Waals surface area contributed by atoms with Crippen LogP contribution in [0.25, 0.3) is 0 Å². The van der Waals surface area contributed by atoms with Crippen molar-refractivity contribution < 1.29 is 5.11 Å². The molecule has 0 aromatic carbocycles. The van der Waals surface area contributed by atoms with Crippen molar-refractivity contribution in [3.05, 3.63) is 17.7 Å². The Hall–Kier alpha value is -0.830. The van der Waals surface area contributed by atoms with Crippen LogP contribution in [0.1, 0.15) is 24.9 Å². The molecular formula is C9H14N2O. The van der Waals surface area contributed by atoms with Gasteiger partial charge in [-0.25, -0.2) is 4.98 Å². The first kappa shape index (κ1) is 7.80. The molecule has 66 valence electrons. The summed E-state index contributed by atoms with van der Waals surface area (Å²) in [7, 11) is 0. The minimum Gasteiger partial charge on any atom is -0.393 e. The number of aliphatic hydroxyl groups is 1. The molecule has 2 rings (SSSR count). The number of aromatic nitrogens is 2. The van der Waals surface area contributed by atoms with Crippen LogP contribution in [-0.2, 0) is 19.4 Å². The zero-order valence-electron chi connectivity index (χ0n) is 7.32. The van der Waals surface area contributed by atoms with Crippen molar-refractivity contribution in [3.8, 4) is 0 Å². The first-order valence-electron chi connectivity index (χ1n) is 4.52. The minimum atomic E-state index is -0.154. The highest BCUT2D eigenvalue weighted by Gasteiger charge is 2.18. The zero-order chi connectivity index (χ0) is 8.55. The smallest absolute Gasteiger partial charge is 0.108 e. The van der Waals surface area contributed by atoms with Gasteiger partial charge in [0.05, 0.1) is 6.10 Å². The summed E-state index contributed by atoms with van der Waals surface area (Å²) in [5.74, 6) is 1.15. The Bertz CT molecular complexity index is 280. The fourth-order valence-electron chi connectivity index (χ4n) is 1.79. The van der Waals surface area contributed by atoms with E-state index in [0.717, 1.165) is 31.6 Å². The van der Waals surface area contributed by atoms with Gasteiger partial charge in [-0.15, -0.1) is 0 Å². The summed E-state index contributed by atoms with van der Waals surface area (Å²) in [5.41, 5.74) is 1.19.